The van der Waals surface area contributed by atoms with Gasteiger partial charge in [0, 0.05) is 36.8 Å². The van der Waals surface area contributed by atoms with Crippen molar-refractivity contribution >= 4 is 23.5 Å². The zero-order chi connectivity index (χ0) is 21.9. The lowest BCUT2D eigenvalue weighted by Gasteiger charge is -2.06. The molecule has 0 aliphatic carbocycles. The predicted octanol–water partition coefficient (Wildman–Crippen LogP) is 4.94. The number of hydrogen-bond donors (Lipinski definition) is 0. The molecule has 0 atom stereocenters. The van der Waals surface area contributed by atoms with Crippen molar-refractivity contribution in [3.8, 4) is 11.5 Å². The van der Waals surface area contributed by atoms with E-state index in [1.807, 2.05) is 0 Å². The first-order valence-corrected chi connectivity index (χ1v) is 10.1. The summed E-state index contributed by atoms with van der Waals surface area (Å²) in [6.45, 7) is 3.58. The first-order chi connectivity index (χ1) is 14.4. The van der Waals surface area contributed by atoms with Gasteiger partial charge in [-0.1, -0.05) is 13.8 Å². The van der Waals surface area contributed by atoms with Gasteiger partial charge in [0.1, 0.15) is 11.5 Å². The quantitative estimate of drug-likeness (QED) is 0.226. The van der Waals surface area contributed by atoms with Crippen LogP contribution in [0.5, 0.6) is 11.5 Å². The number of ether oxygens (including phenoxy) is 2. The number of rotatable bonds is 11. The molecule has 30 heavy (non-hydrogen) atoms. The van der Waals surface area contributed by atoms with E-state index < -0.39 is 11.9 Å². The standard InChI is InChI=1S/C24H26O6/c1-3-21(25)17-9-13-19(14-10-17)29-23(27)7-5-6-8-24(28)30-20-15-11-18(12-16-20)22(26)4-2/h9-16H,3-8H2,1-2H3. The lowest BCUT2D eigenvalue weighted by Crippen LogP contribution is -2.10. The lowest BCUT2D eigenvalue weighted by atomic mass is 10.1. The number of esters is 2. The summed E-state index contributed by atoms with van der Waals surface area (Å²) in [6.07, 6.45) is 2.18. The third kappa shape index (κ3) is 7.28. The summed E-state index contributed by atoms with van der Waals surface area (Å²) in [7, 11) is 0. The van der Waals surface area contributed by atoms with Crippen molar-refractivity contribution in [1.29, 1.82) is 0 Å². The molecule has 0 spiro atoms. The summed E-state index contributed by atoms with van der Waals surface area (Å²) in [4.78, 5) is 47.0. The fraction of sp³-hybridized carbons (Fsp3) is 0.333. The van der Waals surface area contributed by atoms with Gasteiger partial charge in [-0.15, -0.1) is 0 Å². The molecule has 6 heteroatoms. The van der Waals surface area contributed by atoms with Gasteiger partial charge in [0.2, 0.25) is 0 Å². The monoisotopic (exact) mass is 410 g/mol. The van der Waals surface area contributed by atoms with Crippen LogP contribution in [0.3, 0.4) is 0 Å². The Morgan fingerprint density at radius 2 is 0.933 bits per heavy atom. The van der Waals surface area contributed by atoms with Crippen molar-refractivity contribution in [3.05, 3.63) is 59.7 Å². The van der Waals surface area contributed by atoms with E-state index in [9.17, 15) is 19.2 Å². The maximum atomic E-state index is 11.9. The van der Waals surface area contributed by atoms with Crippen LogP contribution in [-0.4, -0.2) is 23.5 Å². The normalized spacial score (nSPS) is 10.3. The largest absolute Gasteiger partial charge is 0.427 e. The second kappa shape index (κ2) is 11.7. The minimum Gasteiger partial charge on any atom is -0.427 e. The van der Waals surface area contributed by atoms with Crippen LogP contribution in [0.25, 0.3) is 0 Å². The van der Waals surface area contributed by atoms with Gasteiger partial charge in [0.05, 0.1) is 0 Å². The highest BCUT2D eigenvalue weighted by Crippen LogP contribution is 2.16. The van der Waals surface area contributed by atoms with Gasteiger partial charge < -0.3 is 9.47 Å². The van der Waals surface area contributed by atoms with E-state index in [1.54, 1.807) is 62.4 Å². The molecule has 0 heterocycles. The van der Waals surface area contributed by atoms with Crippen molar-refractivity contribution in [2.24, 2.45) is 0 Å². The van der Waals surface area contributed by atoms with Crippen LogP contribution in [0.15, 0.2) is 48.5 Å². The van der Waals surface area contributed by atoms with E-state index >= 15 is 0 Å². The molecular weight excluding hydrogens is 384 g/mol. The summed E-state index contributed by atoms with van der Waals surface area (Å²) >= 11 is 0. The Morgan fingerprint density at radius 3 is 1.23 bits per heavy atom. The van der Waals surface area contributed by atoms with Gasteiger partial charge in [0.25, 0.3) is 0 Å². The summed E-state index contributed by atoms with van der Waals surface area (Å²) in [5.41, 5.74) is 1.17. The summed E-state index contributed by atoms with van der Waals surface area (Å²) < 4.78 is 10.5. The van der Waals surface area contributed by atoms with E-state index in [0.29, 0.717) is 48.3 Å². The van der Waals surface area contributed by atoms with Crippen LogP contribution in [0, 0.1) is 0 Å². The number of hydrogen-bond acceptors (Lipinski definition) is 6. The molecule has 0 unspecified atom stereocenters. The summed E-state index contributed by atoms with van der Waals surface area (Å²) in [5.74, 6) is 0.0488. The topological polar surface area (TPSA) is 86.7 Å². The number of Topliss-reactive ketones (excluding diaryl/α,β-unsaturated/α-hetero) is 2. The molecule has 0 aromatic heterocycles. The number of unbranched alkanes of at least 4 members (excludes halogenated alkanes) is 1. The van der Waals surface area contributed by atoms with Gasteiger partial charge >= 0.3 is 11.9 Å². The highest BCUT2D eigenvalue weighted by atomic mass is 16.5. The fourth-order valence-corrected chi connectivity index (χ4v) is 2.73. The van der Waals surface area contributed by atoms with Gasteiger partial charge in [-0.25, -0.2) is 0 Å². The number of carbonyl (C=O) groups excluding carboxylic acids is 4. The maximum absolute atomic E-state index is 11.9. The zero-order valence-corrected chi connectivity index (χ0v) is 17.3. The fourth-order valence-electron chi connectivity index (χ4n) is 2.73. The second-order valence-electron chi connectivity index (χ2n) is 6.76. The molecule has 158 valence electrons. The minimum atomic E-state index is -0.394. The van der Waals surface area contributed by atoms with Gasteiger partial charge in [-0.2, -0.15) is 0 Å². The Morgan fingerprint density at radius 1 is 0.600 bits per heavy atom. The molecule has 0 aliphatic rings. The molecule has 2 aromatic carbocycles. The van der Waals surface area contributed by atoms with Crippen LogP contribution in [0.2, 0.25) is 0 Å². The predicted molar refractivity (Wildman–Crippen MR) is 112 cm³/mol. The molecule has 0 amide bonds. The van der Waals surface area contributed by atoms with Gasteiger partial charge in [-0.05, 0) is 61.4 Å². The van der Waals surface area contributed by atoms with Crippen molar-refractivity contribution in [2.45, 2.75) is 52.4 Å². The van der Waals surface area contributed by atoms with Crippen molar-refractivity contribution in [2.75, 3.05) is 0 Å². The molecule has 0 saturated carbocycles. The third-order valence-corrected chi connectivity index (χ3v) is 4.47. The molecule has 0 aliphatic heterocycles. The van der Waals surface area contributed by atoms with E-state index in [4.69, 9.17) is 9.47 Å². The molecular formula is C24H26O6. The molecule has 0 N–H and O–H groups in total. The number of benzene rings is 2. The lowest BCUT2D eigenvalue weighted by molar-refractivity contribution is -0.136. The summed E-state index contributed by atoms with van der Waals surface area (Å²) in [6, 6.07) is 12.9. The van der Waals surface area contributed by atoms with E-state index in [1.165, 1.54) is 0 Å². The Balaban J connectivity index is 1.67. The first kappa shape index (κ1) is 23.0. The highest BCUT2D eigenvalue weighted by molar-refractivity contribution is 5.96. The SMILES string of the molecule is CCC(=O)c1ccc(OC(=O)CCCCC(=O)Oc2ccc(C(=O)CC)cc2)cc1. The number of ketones is 2. The first-order valence-electron chi connectivity index (χ1n) is 10.1. The highest BCUT2D eigenvalue weighted by Gasteiger charge is 2.10. The van der Waals surface area contributed by atoms with Crippen LogP contribution in [-0.2, 0) is 9.59 Å². The smallest absolute Gasteiger partial charge is 0.311 e. The molecule has 0 bridgehead atoms. The number of carbonyl (C=O) groups is 4. The second-order valence-corrected chi connectivity index (χ2v) is 6.76. The molecule has 2 aromatic rings. The third-order valence-electron chi connectivity index (χ3n) is 4.47. The summed E-state index contributed by atoms with van der Waals surface area (Å²) in [5, 5.41) is 0. The maximum Gasteiger partial charge on any atom is 0.311 e. The van der Waals surface area contributed by atoms with Crippen molar-refractivity contribution < 1.29 is 28.7 Å². The molecule has 0 radical (unpaired) electrons. The Hall–Kier alpha value is -3.28. The molecule has 2 rings (SSSR count). The van der Waals surface area contributed by atoms with E-state index in [2.05, 4.69) is 0 Å². The van der Waals surface area contributed by atoms with Gasteiger partial charge in [-0.3, -0.25) is 19.2 Å². The van der Waals surface area contributed by atoms with E-state index in [0.717, 1.165) is 0 Å². The van der Waals surface area contributed by atoms with E-state index in [-0.39, 0.29) is 24.4 Å². The van der Waals surface area contributed by atoms with Crippen LogP contribution < -0.4 is 9.47 Å². The average molecular weight is 410 g/mol. The minimum absolute atomic E-state index is 0.0325. The Bertz CT molecular complexity index is 805. The Labute approximate surface area is 176 Å². The average Bonchev–Trinajstić information content (AvgIpc) is 2.76. The van der Waals surface area contributed by atoms with Crippen LogP contribution in [0.4, 0.5) is 0 Å². The van der Waals surface area contributed by atoms with Gasteiger partial charge in [0.15, 0.2) is 11.6 Å². The zero-order valence-electron chi connectivity index (χ0n) is 17.3. The molecule has 0 saturated heterocycles. The van der Waals surface area contributed by atoms with Crippen LogP contribution >= 0.6 is 0 Å². The molecule has 0 fully saturated rings. The van der Waals surface area contributed by atoms with Crippen molar-refractivity contribution in [3.63, 3.8) is 0 Å². The Kier molecular flexibility index (Phi) is 8.94. The molecule has 6 nitrogen and oxygen atoms in total. The van der Waals surface area contributed by atoms with Crippen LogP contribution in [0.1, 0.15) is 73.1 Å². The van der Waals surface area contributed by atoms with Crippen molar-refractivity contribution in [1.82, 2.24) is 0 Å².